The lowest BCUT2D eigenvalue weighted by molar-refractivity contribution is 0.0532. The number of ether oxygens (including phenoxy) is 1. The fourth-order valence-electron chi connectivity index (χ4n) is 1.95. The van der Waals surface area contributed by atoms with Gasteiger partial charge in [0.15, 0.2) is 0 Å². The van der Waals surface area contributed by atoms with Crippen LogP contribution in [0.4, 0.5) is 10.1 Å². The number of morpholine rings is 1. The molecule has 0 aliphatic carbocycles. The van der Waals surface area contributed by atoms with Gasteiger partial charge in [-0.25, -0.2) is 4.39 Å². The van der Waals surface area contributed by atoms with E-state index in [-0.39, 0.29) is 18.5 Å². The van der Waals surface area contributed by atoms with Crippen molar-refractivity contribution in [2.24, 2.45) is 5.73 Å². The van der Waals surface area contributed by atoms with Gasteiger partial charge in [-0.05, 0) is 19.1 Å². The quantitative estimate of drug-likeness (QED) is 0.827. The van der Waals surface area contributed by atoms with Crippen LogP contribution in [0.25, 0.3) is 0 Å². The minimum atomic E-state index is -0.223. The van der Waals surface area contributed by atoms with E-state index in [0.29, 0.717) is 12.2 Å². The van der Waals surface area contributed by atoms with E-state index in [9.17, 15) is 4.39 Å². The van der Waals surface area contributed by atoms with E-state index in [1.165, 1.54) is 0 Å². The summed E-state index contributed by atoms with van der Waals surface area (Å²) >= 11 is 0. The van der Waals surface area contributed by atoms with Crippen molar-refractivity contribution in [3.63, 3.8) is 0 Å². The monoisotopic (exact) mass is 224 g/mol. The Kier molecular flexibility index (Phi) is 3.41. The van der Waals surface area contributed by atoms with Gasteiger partial charge in [0, 0.05) is 30.9 Å². The van der Waals surface area contributed by atoms with Crippen LogP contribution >= 0.6 is 0 Å². The lowest BCUT2D eigenvalue weighted by Gasteiger charge is -2.33. The van der Waals surface area contributed by atoms with Gasteiger partial charge in [0.1, 0.15) is 5.82 Å². The van der Waals surface area contributed by atoms with Crippen molar-refractivity contribution >= 4 is 5.69 Å². The third kappa shape index (κ3) is 2.33. The van der Waals surface area contributed by atoms with Crippen molar-refractivity contribution in [2.75, 3.05) is 24.6 Å². The summed E-state index contributed by atoms with van der Waals surface area (Å²) < 4.78 is 19.0. The van der Waals surface area contributed by atoms with Gasteiger partial charge in [-0.3, -0.25) is 0 Å². The first kappa shape index (κ1) is 11.4. The van der Waals surface area contributed by atoms with Gasteiger partial charge < -0.3 is 15.4 Å². The van der Waals surface area contributed by atoms with Gasteiger partial charge in [0.25, 0.3) is 0 Å². The summed E-state index contributed by atoms with van der Waals surface area (Å²) in [5.41, 5.74) is 6.90. The molecular weight excluding hydrogens is 207 g/mol. The zero-order chi connectivity index (χ0) is 11.5. The second-order valence-electron chi connectivity index (χ2n) is 4.11. The number of anilines is 1. The van der Waals surface area contributed by atoms with E-state index in [2.05, 4.69) is 4.90 Å². The number of nitrogens with two attached hydrogens (primary N) is 1. The molecule has 1 saturated heterocycles. The van der Waals surface area contributed by atoms with Gasteiger partial charge >= 0.3 is 0 Å². The predicted molar refractivity (Wildman–Crippen MR) is 61.9 cm³/mol. The van der Waals surface area contributed by atoms with Crippen molar-refractivity contribution < 1.29 is 9.13 Å². The number of rotatable bonds is 2. The van der Waals surface area contributed by atoms with Crippen molar-refractivity contribution in [3.8, 4) is 0 Å². The van der Waals surface area contributed by atoms with E-state index in [0.717, 1.165) is 18.8 Å². The Balaban J connectivity index is 2.17. The standard InChI is InChI=1S/C12H17FN2O/c1-9-8-15(4-5-16-9)11-3-2-10(7-14)12(13)6-11/h2-3,6,9H,4-5,7-8,14H2,1H3. The minimum Gasteiger partial charge on any atom is -0.375 e. The highest BCUT2D eigenvalue weighted by Gasteiger charge is 2.17. The van der Waals surface area contributed by atoms with Crippen LogP contribution in [0.3, 0.4) is 0 Å². The first-order chi connectivity index (χ1) is 7.70. The maximum Gasteiger partial charge on any atom is 0.129 e. The smallest absolute Gasteiger partial charge is 0.129 e. The Labute approximate surface area is 95.0 Å². The van der Waals surface area contributed by atoms with Crippen LogP contribution in [0.15, 0.2) is 18.2 Å². The molecule has 0 radical (unpaired) electrons. The molecule has 0 saturated carbocycles. The Morgan fingerprint density at radius 1 is 1.56 bits per heavy atom. The number of benzene rings is 1. The molecule has 1 aliphatic heterocycles. The Morgan fingerprint density at radius 2 is 2.38 bits per heavy atom. The third-order valence-corrected chi connectivity index (χ3v) is 2.86. The molecule has 0 bridgehead atoms. The van der Waals surface area contributed by atoms with Gasteiger partial charge in [0.2, 0.25) is 0 Å². The highest BCUT2D eigenvalue weighted by Crippen LogP contribution is 2.20. The second kappa shape index (κ2) is 4.80. The van der Waals surface area contributed by atoms with Crippen LogP contribution in [0.2, 0.25) is 0 Å². The molecule has 3 nitrogen and oxygen atoms in total. The Hall–Kier alpha value is -1.13. The molecule has 1 aromatic rings. The molecule has 1 unspecified atom stereocenters. The molecule has 1 fully saturated rings. The van der Waals surface area contributed by atoms with Gasteiger partial charge in [0.05, 0.1) is 12.7 Å². The summed E-state index contributed by atoms with van der Waals surface area (Å²) in [4.78, 5) is 2.14. The number of hydrogen-bond acceptors (Lipinski definition) is 3. The van der Waals surface area contributed by atoms with Crippen LogP contribution in [0, 0.1) is 5.82 Å². The number of nitrogens with zero attached hydrogens (tertiary/aromatic N) is 1. The first-order valence-electron chi connectivity index (χ1n) is 5.55. The molecular formula is C12H17FN2O. The van der Waals surface area contributed by atoms with E-state index in [4.69, 9.17) is 10.5 Å². The minimum absolute atomic E-state index is 0.200. The van der Waals surface area contributed by atoms with Gasteiger partial charge in [-0.2, -0.15) is 0 Å². The number of hydrogen-bond donors (Lipinski definition) is 1. The molecule has 1 atom stereocenters. The van der Waals surface area contributed by atoms with Crippen LogP contribution in [0.5, 0.6) is 0 Å². The highest BCUT2D eigenvalue weighted by molar-refractivity contribution is 5.48. The highest BCUT2D eigenvalue weighted by atomic mass is 19.1. The van der Waals surface area contributed by atoms with Crippen LogP contribution in [-0.4, -0.2) is 25.8 Å². The van der Waals surface area contributed by atoms with Gasteiger partial charge in [-0.15, -0.1) is 0 Å². The van der Waals surface area contributed by atoms with E-state index < -0.39 is 0 Å². The topological polar surface area (TPSA) is 38.5 Å². The summed E-state index contributed by atoms with van der Waals surface area (Å²) in [6, 6.07) is 5.23. The summed E-state index contributed by atoms with van der Waals surface area (Å²) in [5.74, 6) is -0.223. The van der Waals surface area contributed by atoms with Gasteiger partial charge in [-0.1, -0.05) is 6.07 Å². The first-order valence-corrected chi connectivity index (χ1v) is 5.55. The van der Waals surface area contributed by atoms with Crippen LogP contribution in [0.1, 0.15) is 12.5 Å². The average Bonchev–Trinajstić information content (AvgIpc) is 2.29. The molecule has 88 valence electrons. The SMILES string of the molecule is CC1CN(c2ccc(CN)c(F)c2)CCO1. The molecule has 16 heavy (non-hydrogen) atoms. The van der Waals surface area contributed by atoms with Crippen molar-refractivity contribution in [1.82, 2.24) is 0 Å². The fraction of sp³-hybridized carbons (Fsp3) is 0.500. The lowest BCUT2D eigenvalue weighted by Crippen LogP contribution is -2.41. The van der Waals surface area contributed by atoms with E-state index >= 15 is 0 Å². The van der Waals surface area contributed by atoms with E-state index in [1.807, 2.05) is 13.0 Å². The maximum absolute atomic E-state index is 13.6. The largest absolute Gasteiger partial charge is 0.375 e. The zero-order valence-corrected chi connectivity index (χ0v) is 9.45. The summed E-state index contributed by atoms with van der Waals surface area (Å²) in [6.07, 6.45) is 0.200. The molecule has 1 aromatic carbocycles. The van der Waals surface area contributed by atoms with Crippen molar-refractivity contribution in [2.45, 2.75) is 19.6 Å². The molecule has 2 N–H and O–H groups in total. The van der Waals surface area contributed by atoms with Crippen LogP contribution < -0.4 is 10.6 Å². The lowest BCUT2D eigenvalue weighted by atomic mass is 10.1. The molecule has 1 heterocycles. The third-order valence-electron chi connectivity index (χ3n) is 2.86. The van der Waals surface area contributed by atoms with Crippen molar-refractivity contribution in [3.05, 3.63) is 29.6 Å². The Bertz CT molecular complexity index is 370. The van der Waals surface area contributed by atoms with Crippen LogP contribution in [-0.2, 0) is 11.3 Å². The molecule has 0 spiro atoms. The molecule has 1 aliphatic rings. The average molecular weight is 224 g/mol. The molecule has 0 amide bonds. The zero-order valence-electron chi connectivity index (χ0n) is 9.45. The fourth-order valence-corrected chi connectivity index (χ4v) is 1.95. The molecule has 2 rings (SSSR count). The second-order valence-corrected chi connectivity index (χ2v) is 4.11. The summed E-state index contributed by atoms with van der Waals surface area (Å²) in [5, 5.41) is 0. The normalized spacial score (nSPS) is 21.2. The summed E-state index contributed by atoms with van der Waals surface area (Å²) in [7, 11) is 0. The summed E-state index contributed by atoms with van der Waals surface area (Å²) in [6.45, 7) is 4.58. The predicted octanol–water partition coefficient (Wildman–Crippen LogP) is 1.51. The molecule has 4 heteroatoms. The number of halogens is 1. The Morgan fingerprint density at radius 3 is 3.00 bits per heavy atom. The van der Waals surface area contributed by atoms with Crippen molar-refractivity contribution in [1.29, 1.82) is 0 Å². The maximum atomic E-state index is 13.6. The van der Waals surface area contributed by atoms with E-state index in [1.54, 1.807) is 12.1 Å². The molecule has 0 aromatic heterocycles.